The van der Waals surface area contributed by atoms with Crippen molar-refractivity contribution in [2.45, 2.75) is 43.0 Å². The minimum atomic E-state index is -3.64. The van der Waals surface area contributed by atoms with E-state index in [9.17, 15) is 22.8 Å². The first-order valence-electron chi connectivity index (χ1n) is 10.6. The molecule has 32 heavy (non-hydrogen) atoms. The molecule has 168 valence electrons. The fourth-order valence-electron chi connectivity index (χ4n) is 4.22. The Morgan fingerprint density at radius 2 is 1.66 bits per heavy atom. The molecule has 3 amide bonds. The second kappa shape index (κ2) is 8.48. The van der Waals surface area contributed by atoms with Gasteiger partial charge in [-0.1, -0.05) is 25.3 Å². The molecule has 1 N–H and O–H groups in total. The number of rotatable bonds is 5. The number of hydrogen-bond donors (Lipinski definition) is 1. The zero-order valence-corrected chi connectivity index (χ0v) is 18.8. The molecule has 0 aromatic heterocycles. The summed E-state index contributed by atoms with van der Waals surface area (Å²) in [5.41, 5.74) is 1.08. The van der Waals surface area contributed by atoms with Gasteiger partial charge >= 0.3 is 0 Å². The first-order chi connectivity index (χ1) is 15.2. The van der Waals surface area contributed by atoms with E-state index in [1.165, 1.54) is 49.3 Å². The molecule has 0 atom stereocenters. The maximum absolute atomic E-state index is 13.0. The molecule has 1 fully saturated rings. The molecule has 1 saturated carbocycles. The zero-order valence-electron chi connectivity index (χ0n) is 18.0. The topological polar surface area (TPSA) is 104 Å². The summed E-state index contributed by atoms with van der Waals surface area (Å²) in [4.78, 5) is 40.0. The molecule has 1 aliphatic carbocycles. The summed E-state index contributed by atoms with van der Waals surface area (Å²) in [7, 11) is -0.783. The van der Waals surface area contributed by atoms with Crippen LogP contribution >= 0.6 is 0 Å². The highest BCUT2D eigenvalue weighted by molar-refractivity contribution is 7.89. The van der Waals surface area contributed by atoms with Crippen LogP contribution in [-0.4, -0.2) is 55.5 Å². The van der Waals surface area contributed by atoms with E-state index in [0.717, 1.165) is 36.4 Å². The van der Waals surface area contributed by atoms with Crippen LogP contribution in [0, 0.1) is 0 Å². The van der Waals surface area contributed by atoms with Crippen molar-refractivity contribution < 1.29 is 22.8 Å². The highest BCUT2D eigenvalue weighted by Crippen LogP contribution is 2.31. The number of amides is 3. The van der Waals surface area contributed by atoms with Gasteiger partial charge in [-0.3, -0.25) is 19.3 Å². The van der Waals surface area contributed by atoms with Crippen LogP contribution in [0.2, 0.25) is 0 Å². The summed E-state index contributed by atoms with van der Waals surface area (Å²) in [5, 5.41) is 2.67. The zero-order chi connectivity index (χ0) is 23.0. The molecule has 2 aromatic rings. The molecular weight excluding hydrogens is 430 g/mol. The molecule has 9 heteroatoms. The van der Waals surface area contributed by atoms with Crippen LogP contribution in [0.5, 0.6) is 0 Å². The lowest BCUT2D eigenvalue weighted by Gasteiger charge is -2.29. The van der Waals surface area contributed by atoms with Gasteiger partial charge in [-0.05, 0) is 49.2 Å². The van der Waals surface area contributed by atoms with Crippen molar-refractivity contribution in [1.82, 2.24) is 9.21 Å². The largest absolute Gasteiger partial charge is 0.322 e. The van der Waals surface area contributed by atoms with Crippen molar-refractivity contribution in [3.8, 4) is 0 Å². The Hall–Kier alpha value is -3.04. The molecule has 2 aliphatic rings. The maximum atomic E-state index is 13.0. The average molecular weight is 456 g/mol. The van der Waals surface area contributed by atoms with Crippen molar-refractivity contribution in [3.05, 3.63) is 59.2 Å². The van der Waals surface area contributed by atoms with Crippen LogP contribution < -0.4 is 5.32 Å². The highest BCUT2D eigenvalue weighted by Gasteiger charge is 2.40. The molecule has 0 unspecified atom stereocenters. The predicted octanol–water partition coefficient (Wildman–Crippen LogP) is 3.12. The summed E-state index contributed by atoms with van der Waals surface area (Å²) in [5.74, 6) is -1.15. The second-order valence-electron chi connectivity index (χ2n) is 8.30. The van der Waals surface area contributed by atoms with E-state index in [-0.39, 0.29) is 33.9 Å². The van der Waals surface area contributed by atoms with Crippen LogP contribution in [0.3, 0.4) is 0 Å². The number of hydrogen-bond acceptors (Lipinski definition) is 5. The first kappa shape index (κ1) is 22.2. The van der Waals surface area contributed by atoms with Crippen LogP contribution in [0.4, 0.5) is 5.69 Å². The summed E-state index contributed by atoms with van der Waals surface area (Å²) in [6.45, 7) is 0. The minimum Gasteiger partial charge on any atom is -0.322 e. The number of imide groups is 1. The fraction of sp³-hybridized carbons (Fsp3) is 0.348. The predicted molar refractivity (Wildman–Crippen MR) is 119 cm³/mol. The quantitative estimate of drug-likeness (QED) is 0.698. The molecular formula is C23H25N3O5S. The second-order valence-corrected chi connectivity index (χ2v) is 10.5. The maximum Gasteiger partial charge on any atom is 0.261 e. The van der Waals surface area contributed by atoms with Crippen LogP contribution in [-0.2, 0) is 10.0 Å². The molecule has 0 radical (unpaired) electrons. The number of carbonyl (C=O) groups excluding carboxylic acids is 3. The lowest BCUT2D eigenvalue weighted by atomic mass is 9.94. The van der Waals surface area contributed by atoms with Crippen molar-refractivity contribution >= 4 is 33.4 Å². The molecule has 0 saturated heterocycles. The third-order valence-corrected chi connectivity index (χ3v) is 7.80. The molecule has 1 heterocycles. The number of nitrogens with one attached hydrogen (secondary N) is 1. The van der Waals surface area contributed by atoms with Crippen molar-refractivity contribution in [3.63, 3.8) is 0 Å². The molecule has 8 nitrogen and oxygen atoms in total. The Morgan fingerprint density at radius 1 is 0.969 bits per heavy atom. The van der Waals surface area contributed by atoms with Gasteiger partial charge in [0.15, 0.2) is 0 Å². The third-order valence-electron chi connectivity index (χ3n) is 5.99. The van der Waals surface area contributed by atoms with Crippen molar-refractivity contribution in [2.75, 3.05) is 19.4 Å². The Bertz CT molecular complexity index is 1200. The average Bonchev–Trinajstić information content (AvgIpc) is 3.04. The van der Waals surface area contributed by atoms with Gasteiger partial charge in [0, 0.05) is 31.4 Å². The molecule has 1 aliphatic heterocycles. The van der Waals surface area contributed by atoms with Crippen molar-refractivity contribution in [1.29, 1.82) is 0 Å². The Balaban J connectivity index is 1.56. The monoisotopic (exact) mass is 455 g/mol. The number of anilines is 1. The van der Waals surface area contributed by atoms with Gasteiger partial charge in [-0.2, -0.15) is 0 Å². The third kappa shape index (κ3) is 3.93. The molecule has 4 rings (SSSR count). The van der Waals surface area contributed by atoms with Crippen LogP contribution in [0.1, 0.15) is 63.2 Å². The first-order valence-corrected chi connectivity index (χ1v) is 12.0. The van der Waals surface area contributed by atoms with E-state index in [0.29, 0.717) is 11.3 Å². The van der Waals surface area contributed by atoms with E-state index in [2.05, 4.69) is 5.32 Å². The van der Waals surface area contributed by atoms with Gasteiger partial charge in [0.25, 0.3) is 17.7 Å². The minimum absolute atomic E-state index is 0.0538. The Morgan fingerprint density at radius 3 is 2.34 bits per heavy atom. The number of nitrogens with zero attached hydrogens (tertiary/aromatic N) is 2. The lowest BCUT2D eigenvalue weighted by molar-refractivity contribution is 0.0548. The van der Waals surface area contributed by atoms with Gasteiger partial charge < -0.3 is 5.32 Å². The number of benzene rings is 2. The van der Waals surface area contributed by atoms with Gasteiger partial charge in [0.2, 0.25) is 10.0 Å². The van der Waals surface area contributed by atoms with Gasteiger partial charge in [-0.25, -0.2) is 12.7 Å². The number of sulfonamides is 1. The molecule has 0 bridgehead atoms. The fourth-order valence-corrected chi connectivity index (χ4v) is 5.17. The number of carbonyl (C=O) groups is 3. The standard InChI is InChI=1S/C23H25N3O5S/c1-25(2)32(30,31)18-10-6-7-16(14-18)24-21(27)15-11-12-19-20(13-15)23(29)26(22(19)28)17-8-4-3-5-9-17/h6-7,10-14,17H,3-5,8-9H2,1-2H3,(H,24,27). The van der Waals surface area contributed by atoms with E-state index < -0.39 is 15.9 Å². The summed E-state index contributed by atoms with van der Waals surface area (Å²) < 4.78 is 25.8. The highest BCUT2D eigenvalue weighted by atomic mass is 32.2. The summed E-state index contributed by atoms with van der Waals surface area (Å²) in [6.07, 6.45) is 4.72. The van der Waals surface area contributed by atoms with Gasteiger partial charge in [0.1, 0.15) is 0 Å². The van der Waals surface area contributed by atoms with E-state index in [4.69, 9.17) is 0 Å². The van der Waals surface area contributed by atoms with E-state index in [1.807, 2.05) is 0 Å². The van der Waals surface area contributed by atoms with Crippen molar-refractivity contribution in [2.24, 2.45) is 0 Å². The van der Waals surface area contributed by atoms with Crippen LogP contribution in [0.15, 0.2) is 47.4 Å². The number of fused-ring (bicyclic) bond motifs is 1. The molecule has 0 spiro atoms. The lowest BCUT2D eigenvalue weighted by Crippen LogP contribution is -2.40. The van der Waals surface area contributed by atoms with Gasteiger partial charge in [0.05, 0.1) is 16.0 Å². The Labute approximate surface area is 187 Å². The summed E-state index contributed by atoms with van der Waals surface area (Å²) >= 11 is 0. The molecule has 2 aromatic carbocycles. The smallest absolute Gasteiger partial charge is 0.261 e. The van der Waals surface area contributed by atoms with Gasteiger partial charge in [-0.15, -0.1) is 0 Å². The Kier molecular flexibility index (Phi) is 5.87. The van der Waals surface area contributed by atoms with E-state index in [1.54, 1.807) is 12.1 Å². The summed E-state index contributed by atoms with van der Waals surface area (Å²) in [6, 6.07) is 10.3. The van der Waals surface area contributed by atoms with E-state index >= 15 is 0 Å². The normalized spacial score (nSPS) is 17.0. The van der Waals surface area contributed by atoms with Crippen LogP contribution in [0.25, 0.3) is 0 Å². The SMILES string of the molecule is CN(C)S(=O)(=O)c1cccc(NC(=O)c2ccc3c(c2)C(=O)N(C2CCCCC2)C3=O)c1.